The van der Waals surface area contributed by atoms with Crippen LogP contribution in [0.5, 0.6) is 0 Å². The molecule has 0 aromatic heterocycles. The molecule has 1 heterocycles. The molecular formula is C17H21F2NO3. The van der Waals surface area contributed by atoms with Gasteiger partial charge < -0.3 is 4.74 Å². The summed E-state index contributed by atoms with van der Waals surface area (Å²) in [6.45, 7) is 4.94. The SMILES string of the molecule is CC(C)(C)OC(=O)N1CCC(Cc2ccccc2)(C(F)F)C1=O. The van der Waals surface area contributed by atoms with Gasteiger partial charge in [0.25, 0.3) is 6.43 Å². The zero-order valence-corrected chi connectivity index (χ0v) is 13.5. The summed E-state index contributed by atoms with van der Waals surface area (Å²) in [6, 6.07) is 8.66. The molecule has 126 valence electrons. The molecule has 1 aliphatic heterocycles. The Kier molecular flexibility index (Phi) is 4.73. The summed E-state index contributed by atoms with van der Waals surface area (Å²) in [6.07, 6.45) is -3.87. The molecule has 0 bridgehead atoms. The second-order valence-electron chi connectivity index (χ2n) is 6.81. The fraction of sp³-hybridized carbons (Fsp3) is 0.529. The van der Waals surface area contributed by atoms with E-state index in [0.29, 0.717) is 5.56 Å². The lowest BCUT2D eigenvalue weighted by molar-refractivity contribution is -0.143. The van der Waals surface area contributed by atoms with Crippen LogP contribution in [-0.2, 0) is 16.0 Å². The number of imide groups is 1. The van der Waals surface area contributed by atoms with Crippen LogP contribution in [-0.4, -0.2) is 35.5 Å². The summed E-state index contributed by atoms with van der Waals surface area (Å²) in [7, 11) is 0. The monoisotopic (exact) mass is 325 g/mol. The van der Waals surface area contributed by atoms with Crippen molar-refractivity contribution >= 4 is 12.0 Å². The molecule has 1 saturated heterocycles. The molecule has 0 saturated carbocycles. The molecule has 1 fully saturated rings. The van der Waals surface area contributed by atoms with Gasteiger partial charge in [-0.15, -0.1) is 0 Å². The molecule has 2 amide bonds. The van der Waals surface area contributed by atoms with Gasteiger partial charge in [-0.3, -0.25) is 4.79 Å². The highest BCUT2D eigenvalue weighted by molar-refractivity contribution is 5.97. The molecule has 4 nitrogen and oxygen atoms in total. The Balaban J connectivity index is 2.22. The zero-order valence-electron chi connectivity index (χ0n) is 13.5. The highest BCUT2D eigenvalue weighted by atomic mass is 19.3. The Morgan fingerprint density at radius 3 is 2.43 bits per heavy atom. The van der Waals surface area contributed by atoms with E-state index in [4.69, 9.17) is 4.74 Å². The van der Waals surface area contributed by atoms with E-state index in [1.807, 2.05) is 0 Å². The van der Waals surface area contributed by atoms with E-state index >= 15 is 0 Å². The molecule has 1 aliphatic rings. The number of nitrogens with zero attached hydrogens (tertiary/aromatic N) is 1. The van der Waals surface area contributed by atoms with Crippen LogP contribution in [0.15, 0.2) is 30.3 Å². The van der Waals surface area contributed by atoms with Gasteiger partial charge in [-0.2, -0.15) is 0 Å². The number of carbonyl (C=O) groups excluding carboxylic acids is 2. The van der Waals surface area contributed by atoms with Crippen LogP contribution in [0.25, 0.3) is 0 Å². The maximum Gasteiger partial charge on any atom is 0.417 e. The largest absolute Gasteiger partial charge is 0.443 e. The number of rotatable bonds is 3. The molecular weight excluding hydrogens is 304 g/mol. The summed E-state index contributed by atoms with van der Waals surface area (Å²) in [5.74, 6) is -0.856. The van der Waals surface area contributed by atoms with Crippen molar-refractivity contribution in [2.45, 2.75) is 45.6 Å². The van der Waals surface area contributed by atoms with Gasteiger partial charge in [-0.1, -0.05) is 30.3 Å². The van der Waals surface area contributed by atoms with Crippen molar-refractivity contribution in [3.8, 4) is 0 Å². The fourth-order valence-electron chi connectivity index (χ4n) is 2.68. The van der Waals surface area contributed by atoms with E-state index in [1.54, 1.807) is 51.1 Å². The third-order valence-electron chi connectivity index (χ3n) is 3.85. The van der Waals surface area contributed by atoms with Gasteiger partial charge in [0.1, 0.15) is 11.0 Å². The predicted octanol–water partition coefficient (Wildman–Crippen LogP) is 3.65. The van der Waals surface area contributed by atoms with Crippen molar-refractivity contribution in [1.82, 2.24) is 4.90 Å². The highest BCUT2D eigenvalue weighted by Gasteiger charge is 2.55. The maximum atomic E-state index is 13.7. The normalized spacial score (nSPS) is 21.8. The van der Waals surface area contributed by atoms with Crippen molar-refractivity contribution in [1.29, 1.82) is 0 Å². The van der Waals surface area contributed by atoms with Crippen LogP contribution < -0.4 is 0 Å². The van der Waals surface area contributed by atoms with E-state index < -0.39 is 29.4 Å². The van der Waals surface area contributed by atoms with Gasteiger partial charge in [-0.25, -0.2) is 18.5 Å². The van der Waals surface area contributed by atoms with E-state index in [1.165, 1.54) is 0 Å². The molecule has 2 rings (SSSR count). The van der Waals surface area contributed by atoms with Crippen molar-refractivity contribution in [3.05, 3.63) is 35.9 Å². The average molecular weight is 325 g/mol. The second kappa shape index (κ2) is 6.26. The maximum absolute atomic E-state index is 13.7. The van der Waals surface area contributed by atoms with Crippen molar-refractivity contribution < 1.29 is 23.1 Å². The van der Waals surface area contributed by atoms with Gasteiger partial charge in [0.05, 0.1) is 0 Å². The number of ether oxygens (including phenoxy) is 1. The van der Waals surface area contributed by atoms with Gasteiger partial charge in [-0.05, 0) is 39.2 Å². The molecule has 23 heavy (non-hydrogen) atoms. The first-order valence-corrected chi connectivity index (χ1v) is 7.53. The number of benzene rings is 1. The molecule has 1 aromatic carbocycles. The minimum Gasteiger partial charge on any atom is -0.443 e. The zero-order chi connectivity index (χ0) is 17.3. The number of hydrogen-bond acceptors (Lipinski definition) is 3. The van der Waals surface area contributed by atoms with Crippen molar-refractivity contribution in [2.75, 3.05) is 6.54 Å². The van der Waals surface area contributed by atoms with Crippen LogP contribution >= 0.6 is 0 Å². The van der Waals surface area contributed by atoms with Crippen molar-refractivity contribution in [3.63, 3.8) is 0 Å². The fourth-order valence-corrected chi connectivity index (χ4v) is 2.68. The van der Waals surface area contributed by atoms with E-state index in [-0.39, 0.29) is 19.4 Å². The van der Waals surface area contributed by atoms with Crippen LogP contribution in [0.3, 0.4) is 0 Å². The summed E-state index contributed by atoms with van der Waals surface area (Å²) in [4.78, 5) is 25.4. The van der Waals surface area contributed by atoms with Crippen molar-refractivity contribution in [2.24, 2.45) is 5.41 Å². The quantitative estimate of drug-likeness (QED) is 0.852. The van der Waals surface area contributed by atoms with E-state index in [9.17, 15) is 18.4 Å². The molecule has 0 radical (unpaired) electrons. The molecule has 1 atom stereocenters. The molecule has 0 aliphatic carbocycles. The summed E-state index contributed by atoms with van der Waals surface area (Å²) >= 11 is 0. The molecule has 0 spiro atoms. The van der Waals surface area contributed by atoms with Gasteiger partial charge in [0.2, 0.25) is 5.91 Å². The highest BCUT2D eigenvalue weighted by Crippen LogP contribution is 2.41. The molecule has 0 N–H and O–H groups in total. The topological polar surface area (TPSA) is 46.6 Å². The Hall–Kier alpha value is -1.98. The van der Waals surface area contributed by atoms with Gasteiger partial charge in [0, 0.05) is 6.54 Å². The summed E-state index contributed by atoms with van der Waals surface area (Å²) in [5, 5.41) is 0. The number of halogens is 2. The standard InChI is InChI=1S/C17H21F2NO3/c1-16(2,3)23-15(22)20-10-9-17(13(18)19,14(20)21)11-12-7-5-4-6-8-12/h4-8,13H,9-11H2,1-3H3. The Morgan fingerprint density at radius 1 is 1.30 bits per heavy atom. The number of hydrogen-bond donors (Lipinski definition) is 0. The third kappa shape index (κ3) is 3.68. The number of carbonyl (C=O) groups is 2. The Morgan fingerprint density at radius 2 is 1.91 bits per heavy atom. The molecule has 1 unspecified atom stereocenters. The first-order valence-electron chi connectivity index (χ1n) is 7.53. The first kappa shape index (κ1) is 17.4. The third-order valence-corrected chi connectivity index (χ3v) is 3.85. The van der Waals surface area contributed by atoms with E-state index in [0.717, 1.165) is 4.90 Å². The molecule has 1 aromatic rings. The van der Waals surface area contributed by atoms with Crippen LogP contribution in [0.2, 0.25) is 0 Å². The lowest BCUT2D eigenvalue weighted by Crippen LogP contribution is -2.45. The second-order valence-corrected chi connectivity index (χ2v) is 6.81. The first-order chi connectivity index (χ1) is 10.7. The minimum atomic E-state index is -2.84. The smallest absolute Gasteiger partial charge is 0.417 e. The number of amides is 2. The van der Waals surface area contributed by atoms with Gasteiger partial charge >= 0.3 is 6.09 Å². The molecule has 6 heteroatoms. The van der Waals surface area contributed by atoms with E-state index in [2.05, 4.69) is 0 Å². The summed E-state index contributed by atoms with van der Waals surface area (Å²) in [5.41, 5.74) is -2.00. The predicted molar refractivity (Wildman–Crippen MR) is 81.1 cm³/mol. The number of alkyl halides is 2. The minimum absolute atomic E-state index is 0.0507. The summed E-state index contributed by atoms with van der Waals surface area (Å²) < 4.78 is 32.5. The number of likely N-dealkylation sites (tertiary alicyclic amines) is 1. The lowest BCUT2D eigenvalue weighted by atomic mass is 9.80. The lowest BCUT2D eigenvalue weighted by Gasteiger charge is -2.28. The average Bonchev–Trinajstić information content (AvgIpc) is 2.77. The Labute approximate surface area is 134 Å². The Bertz CT molecular complexity index is 583. The van der Waals surface area contributed by atoms with Crippen LogP contribution in [0.1, 0.15) is 32.8 Å². The van der Waals surface area contributed by atoms with Crippen LogP contribution in [0.4, 0.5) is 13.6 Å². The van der Waals surface area contributed by atoms with Crippen LogP contribution in [0, 0.1) is 5.41 Å². The van der Waals surface area contributed by atoms with Gasteiger partial charge in [0.15, 0.2) is 0 Å².